The molecule has 1 unspecified atom stereocenters. The van der Waals surface area contributed by atoms with Crippen LogP contribution in [0.25, 0.3) is 0 Å². The van der Waals surface area contributed by atoms with E-state index >= 15 is 0 Å². The maximum atomic E-state index is 12.3. The molecule has 2 amide bonds. The van der Waals surface area contributed by atoms with Crippen LogP contribution in [0, 0.1) is 0 Å². The Labute approximate surface area is 208 Å². The first-order valence-electron chi connectivity index (χ1n) is 11.9. The second-order valence-electron chi connectivity index (χ2n) is 7.54. The highest BCUT2D eigenvalue weighted by atomic mass is 16.6. The van der Waals surface area contributed by atoms with Crippen LogP contribution >= 0.6 is 0 Å². The number of carbonyl (C=O) groups is 2. The molecule has 0 saturated carbocycles. The quantitative estimate of drug-likeness (QED) is 0.239. The molecule has 0 rings (SSSR count). The molecule has 0 saturated heterocycles. The van der Waals surface area contributed by atoms with Gasteiger partial charge in [0.05, 0.1) is 0 Å². The van der Waals surface area contributed by atoms with E-state index in [1.54, 1.807) is 57.4 Å². The van der Waals surface area contributed by atoms with E-state index in [-0.39, 0.29) is 25.0 Å². The topological polar surface area (TPSA) is 78.9 Å². The maximum absolute atomic E-state index is 12.3. The molecule has 2 N–H and O–H groups in total. The first-order valence-corrected chi connectivity index (χ1v) is 11.9. The highest BCUT2D eigenvalue weighted by molar-refractivity contribution is 5.81. The van der Waals surface area contributed by atoms with Crippen molar-refractivity contribution < 1.29 is 19.4 Å². The number of nitrogens with zero attached hydrogens (tertiary/aromatic N) is 1. The fourth-order valence-corrected chi connectivity index (χ4v) is 2.48. The van der Waals surface area contributed by atoms with Gasteiger partial charge in [-0.25, -0.2) is 4.79 Å². The molecule has 0 aliphatic carbocycles. The average molecular weight is 477 g/mol. The smallest absolute Gasteiger partial charge is 0.407 e. The number of nitrogens with one attached hydrogen (secondary N) is 1. The summed E-state index contributed by atoms with van der Waals surface area (Å²) in [5.41, 5.74) is 0.805. The summed E-state index contributed by atoms with van der Waals surface area (Å²) >= 11 is 0. The number of allylic oxidation sites excluding steroid dienone is 5. The molecule has 194 valence electrons. The maximum Gasteiger partial charge on any atom is 0.407 e. The van der Waals surface area contributed by atoms with E-state index in [1.165, 1.54) is 4.90 Å². The van der Waals surface area contributed by atoms with Gasteiger partial charge in [-0.15, -0.1) is 6.58 Å². The molecule has 0 spiro atoms. The van der Waals surface area contributed by atoms with Gasteiger partial charge in [0.1, 0.15) is 5.60 Å². The summed E-state index contributed by atoms with van der Waals surface area (Å²) in [6, 6.07) is -0.330. The van der Waals surface area contributed by atoms with Crippen LogP contribution in [0.5, 0.6) is 0 Å². The molecule has 34 heavy (non-hydrogen) atoms. The number of carbonyl (C=O) groups excluding carboxylic acids is 2. The molecule has 0 aliphatic rings. The van der Waals surface area contributed by atoms with Crippen molar-refractivity contribution in [2.24, 2.45) is 0 Å². The van der Waals surface area contributed by atoms with Crippen LogP contribution in [0.1, 0.15) is 74.7 Å². The van der Waals surface area contributed by atoms with Crippen molar-refractivity contribution in [3.63, 3.8) is 0 Å². The fraction of sp³-hybridized carbons (Fsp3) is 0.500. The average Bonchev–Trinajstić information content (AvgIpc) is 2.79. The first kappa shape index (κ1) is 35.7. The normalized spacial score (nSPS) is 12.3. The van der Waals surface area contributed by atoms with Gasteiger partial charge in [0.25, 0.3) is 0 Å². The van der Waals surface area contributed by atoms with Gasteiger partial charge in [-0.3, -0.25) is 9.69 Å². The molecular formula is C28H48N2O4. The summed E-state index contributed by atoms with van der Waals surface area (Å²) in [6.45, 7) is 26.3. The third-order valence-corrected chi connectivity index (χ3v) is 3.78. The van der Waals surface area contributed by atoms with Gasteiger partial charge >= 0.3 is 6.09 Å². The summed E-state index contributed by atoms with van der Waals surface area (Å²) < 4.78 is 5.29. The standard InChI is InChI=1S/C24H36N2O4.2C2H6/c1-8-12-22(28)26(16-9-2)21(11-4)14-13-19(10-3)18-20(15-17-27)25-23(29)30-24(5,6)7;2*1-2/h8-11,13-14,16,20,27H,1,3-4,12,15,17-18H2,2,5-7H3,(H,25,29);2*1-2H3/b16-9-,19-13+,21-14+;;. The number of amides is 2. The summed E-state index contributed by atoms with van der Waals surface area (Å²) in [4.78, 5) is 25.9. The van der Waals surface area contributed by atoms with Crippen LogP contribution in [0.3, 0.4) is 0 Å². The van der Waals surface area contributed by atoms with E-state index in [1.807, 2.05) is 40.7 Å². The lowest BCUT2D eigenvalue weighted by atomic mass is 10.0. The van der Waals surface area contributed by atoms with Gasteiger partial charge in [0.15, 0.2) is 0 Å². The lowest BCUT2D eigenvalue weighted by Crippen LogP contribution is -2.39. The molecule has 0 aromatic heterocycles. The Balaban J connectivity index is -0.00000227. The van der Waals surface area contributed by atoms with Gasteiger partial charge < -0.3 is 15.2 Å². The molecule has 0 bridgehead atoms. The van der Waals surface area contributed by atoms with Crippen molar-refractivity contribution >= 4 is 12.0 Å². The highest BCUT2D eigenvalue weighted by Gasteiger charge is 2.19. The van der Waals surface area contributed by atoms with E-state index in [9.17, 15) is 14.7 Å². The van der Waals surface area contributed by atoms with Crippen LogP contribution in [0.2, 0.25) is 0 Å². The molecule has 0 aliphatic heterocycles. The lowest BCUT2D eigenvalue weighted by molar-refractivity contribution is -0.126. The Bertz CT molecular complexity index is 698. The number of alkyl carbamates (subject to hydrolysis) is 1. The zero-order valence-electron chi connectivity index (χ0n) is 22.7. The largest absolute Gasteiger partial charge is 0.444 e. The van der Waals surface area contributed by atoms with E-state index in [0.717, 1.165) is 5.57 Å². The summed E-state index contributed by atoms with van der Waals surface area (Å²) in [7, 11) is 0. The summed E-state index contributed by atoms with van der Waals surface area (Å²) in [5.74, 6) is -0.132. The van der Waals surface area contributed by atoms with Gasteiger partial charge in [-0.1, -0.05) is 65.2 Å². The Hall–Kier alpha value is -2.86. The van der Waals surface area contributed by atoms with Crippen LogP contribution in [-0.2, 0) is 9.53 Å². The number of rotatable bonds is 12. The second kappa shape index (κ2) is 22.0. The molecule has 0 heterocycles. The third-order valence-electron chi connectivity index (χ3n) is 3.78. The fourth-order valence-electron chi connectivity index (χ4n) is 2.48. The minimum atomic E-state index is -0.610. The second-order valence-corrected chi connectivity index (χ2v) is 7.54. The van der Waals surface area contributed by atoms with Crippen LogP contribution in [-0.4, -0.2) is 40.3 Å². The Morgan fingerprint density at radius 2 is 1.65 bits per heavy atom. The number of hydrogen-bond acceptors (Lipinski definition) is 4. The van der Waals surface area contributed by atoms with Gasteiger partial charge in [0.2, 0.25) is 5.91 Å². The minimum Gasteiger partial charge on any atom is -0.444 e. The molecule has 6 nitrogen and oxygen atoms in total. The van der Waals surface area contributed by atoms with Crippen molar-refractivity contribution in [1.82, 2.24) is 10.2 Å². The molecule has 0 aromatic carbocycles. The van der Waals surface area contributed by atoms with Crippen molar-refractivity contribution in [1.29, 1.82) is 0 Å². The molecule has 0 aromatic rings. The monoisotopic (exact) mass is 476 g/mol. The first-order chi connectivity index (χ1) is 16.1. The summed E-state index contributed by atoms with van der Waals surface area (Å²) in [6.07, 6.45) is 12.3. The zero-order chi connectivity index (χ0) is 27.2. The minimum absolute atomic E-state index is 0.0796. The Morgan fingerprint density at radius 3 is 2.06 bits per heavy atom. The van der Waals surface area contributed by atoms with E-state index < -0.39 is 11.7 Å². The van der Waals surface area contributed by atoms with Crippen molar-refractivity contribution in [2.75, 3.05) is 6.61 Å². The molecular weight excluding hydrogens is 428 g/mol. The van der Waals surface area contributed by atoms with Crippen molar-refractivity contribution in [3.05, 3.63) is 73.7 Å². The Morgan fingerprint density at radius 1 is 1.06 bits per heavy atom. The van der Waals surface area contributed by atoms with Crippen molar-refractivity contribution in [2.45, 2.75) is 86.3 Å². The number of aliphatic hydroxyl groups excluding tert-OH is 1. The summed E-state index contributed by atoms with van der Waals surface area (Å²) in [5, 5.41) is 12.1. The predicted molar refractivity (Wildman–Crippen MR) is 145 cm³/mol. The zero-order valence-corrected chi connectivity index (χ0v) is 22.7. The van der Waals surface area contributed by atoms with Crippen LogP contribution in [0.4, 0.5) is 4.79 Å². The lowest BCUT2D eigenvalue weighted by Gasteiger charge is -2.23. The van der Waals surface area contributed by atoms with Gasteiger partial charge in [-0.05, 0) is 58.3 Å². The predicted octanol–water partition coefficient (Wildman–Crippen LogP) is 6.83. The molecule has 6 heteroatoms. The van der Waals surface area contributed by atoms with E-state index in [2.05, 4.69) is 25.1 Å². The van der Waals surface area contributed by atoms with Crippen molar-refractivity contribution in [3.8, 4) is 0 Å². The SMILES string of the molecule is C=CCC(=O)N(/C=C\C)/C(C=C)=C/C=C(\C=C)CC(CCO)NC(=O)OC(C)(C)C.CC.CC. The van der Waals surface area contributed by atoms with Gasteiger partial charge in [0, 0.05) is 31.0 Å². The third kappa shape index (κ3) is 17.7. The Kier molecular flexibility index (Phi) is 23.1. The number of hydrogen-bond donors (Lipinski definition) is 2. The highest BCUT2D eigenvalue weighted by Crippen LogP contribution is 2.15. The number of aliphatic hydroxyl groups is 1. The van der Waals surface area contributed by atoms with Gasteiger partial charge in [-0.2, -0.15) is 0 Å². The molecule has 1 atom stereocenters. The molecule has 0 radical (unpaired) electrons. The van der Waals surface area contributed by atoms with Crippen LogP contribution in [0.15, 0.2) is 73.7 Å². The number of ether oxygens (including phenoxy) is 1. The van der Waals surface area contributed by atoms with E-state index in [0.29, 0.717) is 18.5 Å². The van der Waals surface area contributed by atoms with Crippen LogP contribution < -0.4 is 5.32 Å². The van der Waals surface area contributed by atoms with E-state index in [4.69, 9.17) is 4.74 Å². The molecule has 0 fully saturated rings.